The number of carbonyl (C=O) groups is 1. The van der Waals surface area contributed by atoms with Gasteiger partial charge in [-0.1, -0.05) is 65.2 Å². The second-order valence-corrected chi connectivity index (χ2v) is 19.9. The van der Waals surface area contributed by atoms with Crippen LogP contribution in [0.25, 0.3) is 0 Å². The number of unbranched alkanes of at least 4 members (excludes halogenated alkanes) is 4. The average molecular weight is 803 g/mol. The fourth-order valence-electron chi connectivity index (χ4n) is 11.5. The Kier molecular flexibility index (Phi) is 18.9. The Labute approximate surface area is 351 Å². The molecule has 324 valence electrons. The van der Waals surface area contributed by atoms with E-state index in [0.717, 1.165) is 164 Å². The molecule has 2 aromatic rings. The van der Waals surface area contributed by atoms with E-state index in [0.29, 0.717) is 54.1 Å². The van der Waals surface area contributed by atoms with Gasteiger partial charge in [-0.15, -0.1) is 0 Å². The van der Waals surface area contributed by atoms with E-state index in [2.05, 4.69) is 58.5 Å². The van der Waals surface area contributed by atoms with Crippen LogP contribution >= 0.6 is 0 Å². The van der Waals surface area contributed by atoms with Crippen LogP contribution in [0.15, 0.2) is 24.3 Å². The molecule has 4 saturated carbocycles. The molecule has 0 N–H and O–H groups in total. The number of Topliss-reactive ketones (excluding diaryl/α,β-unsaturated/α-hetero) is 1. The van der Waals surface area contributed by atoms with Crippen LogP contribution < -0.4 is 0 Å². The van der Waals surface area contributed by atoms with Crippen molar-refractivity contribution in [2.24, 2.45) is 35.5 Å². The third-order valence-electron chi connectivity index (χ3n) is 15.7. The molecular formula is C51H80F2N4O. The molecule has 4 aliphatic rings. The smallest absolute Gasteiger partial charge is 0.132 e. The van der Waals surface area contributed by atoms with Crippen molar-refractivity contribution >= 4 is 5.78 Å². The fraction of sp³-hybridized carbons (Fsp3) is 0.824. The quantitative estimate of drug-likeness (QED) is 0.111. The number of ketones is 1. The lowest BCUT2D eigenvalue weighted by Gasteiger charge is -2.34. The van der Waals surface area contributed by atoms with E-state index < -0.39 is 12.3 Å². The van der Waals surface area contributed by atoms with Gasteiger partial charge >= 0.3 is 0 Å². The maximum absolute atomic E-state index is 15.6. The van der Waals surface area contributed by atoms with E-state index in [4.69, 9.17) is 0 Å². The van der Waals surface area contributed by atoms with E-state index in [9.17, 15) is 4.79 Å². The van der Waals surface area contributed by atoms with Gasteiger partial charge in [0.1, 0.15) is 18.1 Å². The topological polar surface area (TPSA) is 68.6 Å². The molecule has 0 amide bonds. The van der Waals surface area contributed by atoms with Crippen LogP contribution in [-0.2, 0) is 17.6 Å². The van der Waals surface area contributed by atoms with Gasteiger partial charge in [-0.25, -0.2) is 8.78 Å². The molecule has 6 rings (SSSR count). The highest BCUT2D eigenvalue weighted by Crippen LogP contribution is 2.43. The molecule has 5 nitrogen and oxygen atoms in total. The maximum Gasteiger partial charge on any atom is 0.132 e. The molecule has 0 saturated heterocycles. The summed E-state index contributed by atoms with van der Waals surface area (Å²) in [7, 11) is 0. The van der Waals surface area contributed by atoms with Crippen molar-refractivity contribution in [3.63, 3.8) is 0 Å². The SMILES string of the molecule is CCCCCc1ccc([C@H]2CC[C@H](CC(F)C3CCC(CCC(=O)CC[C@H]4CC[C@H](C(F)C[C@H]5CC[C@H](c6ccc(CCCCC)nn6)CC5)CC4)CC3)CC2)nn1. The van der Waals surface area contributed by atoms with Gasteiger partial charge in [0.05, 0.1) is 22.8 Å². The largest absolute Gasteiger partial charge is 0.300 e. The molecule has 2 heterocycles. The van der Waals surface area contributed by atoms with Crippen molar-refractivity contribution in [2.45, 2.75) is 231 Å². The zero-order chi connectivity index (χ0) is 40.5. The van der Waals surface area contributed by atoms with Crippen LogP contribution in [0, 0.1) is 35.5 Å². The van der Waals surface area contributed by atoms with Gasteiger partial charge in [0.25, 0.3) is 0 Å². The Morgan fingerprint density at radius 2 is 0.897 bits per heavy atom. The molecule has 0 bridgehead atoms. The minimum absolute atomic E-state index is 0.202. The summed E-state index contributed by atoms with van der Waals surface area (Å²) < 4.78 is 31.1. The molecule has 2 atom stereocenters. The van der Waals surface area contributed by atoms with Crippen LogP contribution in [0.4, 0.5) is 8.78 Å². The molecule has 4 aliphatic carbocycles. The van der Waals surface area contributed by atoms with Gasteiger partial charge in [0.15, 0.2) is 0 Å². The Hall–Kier alpha value is -2.31. The number of hydrogen-bond acceptors (Lipinski definition) is 5. The average Bonchev–Trinajstić information content (AvgIpc) is 3.26. The summed E-state index contributed by atoms with van der Waals surface area (Å²) in [6, 6.07) is 8.72. The first-order chi connectivity index (χ1) is 28.4. The summed E-state index contributed by atoms with van der Waals surface area (Å²) in [6.07, 6.45) is 29.9. The molecule has 4 fully saturated rings. The van der Waals surface area contributed by atoms with E-state index in [1.165, 1.54) is 38.5 Å². The van der Waals surface area contributed by atoms with Crippen molar-refractivity contribution in [1.82, 2.24) is 20.4 Å². The van der Waals surface area contributed by atoms with Gasteiger partial charge in [0, 0.05) is 24.7 Å². The number of aryl methyl sites for hydroxylation is 2. The molecule has 2 aromatic heterocycles. The number of rotatable bonds is 22. The predicted molar refractivity (Wildman–Crippen MR) is 233 cm³/mol. The lowest BCUT2D eigenvalue weighted by atomic mass is 9.73. The third-order valence-corrected chi connectivity index (χ3v) is 15.7. The maximum atomic E-state index is 15.6. The normalized spacial score (nSPS) is 29.2. The fourth-order valence-corrected chi connectivity index (χ4v) is 11.5. The summed E-state index contributed by atoms with van der Waals surface area (Å²) in [6.45, 7) is 4.45. The Bertz CT molecular complexity index is 1310. The van der Waals surface area contributed by atoms with Crippen molar-refractivity contribution in [2.75, 3.05) is 0 Å². The lowest BCUT2D eigenvalue weighted by molar-refractivity contribution is -0.119. The van der Waals surface area contributed by atoms with Gasteiger partial charge < -0.3 is 0 Å². The highest BCUT2D eigenvalue weighted by Gasteiger charge is 2.34. The first-order valence-electron chi connectivity index (χ1n) is 24.8. The summed E-state index contributed by atoms with van der Waals surface area (Å²) in [5.74, 6) is 3.92. The van der Waals surface area contributed by atoms with Crippen LogP contribution in [0.1, 0.15) is 228 Å². The summed E-state index contributed by atoms with van der Waals surface area (Å²) in [5.41, 5.74) is 4.48. The molecule has 0 radical (unpaired) electrons. The summed E-state index contributed by atoms with van der Waals surface area (Å²) in [4.78, 5) is 12.9. The van der Waals surface area contributed by atoms with E-state index in [1.807, 2.05) is 0 Å². The number of nitrogens with zero attached hydrogens (tertiary/aromatic N) is 4. The number of aromatic nitrogens is 4. The summed E-state index contributed by atoms with van der Waals surface area (Å²) >= 11 is 0. The van der Waals surface area contributed by atoms with E-state index in [-0.39, 0.29) is 11.8 Å². The van der Waals surface area contributed by atoms with Crippen molar-refractivity contribution in [3.05, 3.63) is 47.0 Å². The highest BCUT2D eigenvalue weighted by atomic mass is 19.1. The number of carbonyl (C=O) groups excluding carboxylic acids is 1. The summed E-state index contributed by atoms with van der Waals surface area (Å²) in [5, 5.41) is 18.2. The molecule has 58 heavy (non-hydrogen) atoms. The van der Waals surface area contributed by atoms with Crippen molar-refractivity contribution in [1.29, 1.82) is 0 Å². The standard InChI is InChI=1S/C51H80F2N4O/c1-3-5-7-9-45-29-33-50(56-54-45)43-25-15-39(16-26-43)35-48(52)41-21-11-37(12-22-41)19-31-47(58)32-20-38-13-23-42(24-14-38)49(53)36-40-17-27-44(28-18-40)51-34-30-46(55-57-51)10-8-6-4-2/h29-30,33-34,37-44,48-49H,3-28,31-32,35-36H2,1-2H3/t37-,38?,39-,40-,41-,42?,43-,44-,48?,49?. The van der Waals surface area contributed by atoms with Gasteiger partial charge in [0.2, 0.25) is 0 Å². The van der Waals surface area contributed by atoms with Crippen molar-refractivity contribution < 1.29 is 13.6 Å². The van der Waals surface area contributed by atoms with Gasteiger partial charge in [-0.05, 0) is 188 Å². The van der Waals surface area contributed by atoms with E-state index >= 15 is 8.78 Å². The van der Waals surface area contributed by atoms with Crippen LogP contribution in [0.2, 0.25) is 0 Å². The first-order valence-corrected chi connectivity index (χ1v) is 24.8. The predicted octanol–water partition coefficient (Wildman–Crippen LogP) is 14.2. The molecule has 0 aromatic carbocycles. The van der Waals surface area contributed by atoms with Crippen LogP contribution in [0.3, 0.4) is 0 Å². The monoisotopic (exact) mass is 803 g/mol. The van der Waals surface area contributed by atoms with Crippen molar-refractivity contribution in [3.8, 4) is 0 Å². The van der Waals surface area contributed by atoms with Crippen LogP contribution in [-0.4, -0.2) is 38.5 Å². The zero-order valence-corrected chi connectivity index (χ0v) is 36.7. The zero-order valence-electron chi connectivity index (χ0n) is 36.7. The Morgan fingerprint density at radius 1 is 0.517 bits per heavy atom. The molecule has 2 unspecified atom stereocenters. The Morgan fingerprint density at radius 3 is 1.24 bits per heavy atom. The second-order valence-electron chi connectivity index (χ2n) is 19.9. The minimum atomic E-state index is -0.682. The second kappa shape index (κ2) is 24.2. The number of hydrogen-bond donors (Lipinski definition) is 0. The minimum Gasteiger partial charge on any atom is -0.300 e. The Balaban J connectivity index is 0.776. The third kappa shape index (κ3) is 14.4. The molecular weight excluding hydrogens is 723 g/mol. The van der Waals surface area contributed by atoms with Crippen LogP contribution in [0.5, 0.6) is 0 Å². The van der Waals surface area contributed by atoms with Gasteiger partial charge in [-0.2, -0.15) is 20.4 Å². The first kappa shape index (κ1) is 45.2. The highest BCUT2D eigenvalue weighted by molar-refractivity contribution is 5.78. The molecule has 0 aliphatic heterocycles. The van der Waals surface area contributed by atoms with Gasteiger partial charge in [-0.3, -0.25) is 4.79 Å². The lowest BCUT2D eigenvalue weighted by Crippen LogP contribution is -2.27. The molecule has 7 heteroatoms. The number of alkyl halides is 2. The molecule has 0 spiro atoms. The number of halogens is 2. The van der Waals surface area contributed by atoms with E-state index in [1.54, 1.807) is 0 Å².